The normalized spacial score (nSPS) is 46.3. The Bertz CT molecular complexity index is 822. The van der Waals surface area contributed by atoms with Gasteiger partial charge in [0.15, 0.2) is 6.29 Å². The van der Waals surface area contributed by atoms with Gasteiger partial charge in [0.05, 0.1) is 19.3 Å². The first-order valence-electron chi connectivity index (χ1n) is 13.1. The van der Waals surface area contributed by atoms with Gasteiger partial charge in [-0.2, -0.15) is 0 Å². The van der Waals surface area contributed by atoms with E-state index < -0.39 is 49.5 Å². The van der Waals surface area contributed by atoms with E-state index in [0.29, 0.717) is 12.5 Å². The number of hydrogen-bond donors (Lipinski definition) is 5. The first kappa shape index (κ1) is 27.2. The summed E-state index contributed by atoms with van der Waals surface area (Å²) in [6, 6.07) is 0. The fourth-order valence-electron chi connectivity index (χ4n) is 7.00. The van der Waals surface area contributed by atoms with Crippen LogP contribution in [-0.2, 0) is 14.2 Å². The third-order valence-corrected chi connectivity index (χ3v) is 9.05. The highest BCUT2D eigenvalue weighted by Gasteiger charge is 2.52. The van der Waals surface area contributed by atoms with Crippen LogP contribution in [0.5, 0.6) is 0 Å². The van der Waals surface area contributed by atoms with Crippen molar-refractivity contribution in [2.45, 2.75) is 96.3 Å². The molecule has 11 atom stereocenters. The lowest BCUT2D eigenvalue weighted by Gasteiger charge is -2.45. The third kappa shape index (κ3) is 4.77. The summed E-state index contributed by atoms with van der Waals surface area (Å²) in [4.78, 5) is 0. The molecule has 0 aromatic heterocycles. The smallest absolute Gasteiger partial charge is 0.187 e. The van der Waals surface area contributed by atoms with Gasteiger partial charge in [0, 0.05) is 18.4 Å². The highest BCUT2D eigenvalue weighted by Crippen LogP contribution is 2.55. The van der Waals surface area contributed by atoms with Crippen LogP contribution in [0.3, 0.4) is 0 Å². The zero-order valence-electron chi connectivity index (χ0n) is 21.6. The molecule has 35 heavy (non-hydrogen) atoms. The van der Waals surface area contributed by atoms with Gasteiger partial charge in [-0.15, -0.1) is 0 Å². The van der Waals surface area contributed by atoms with Crippen LogP contribution in [0.1, 0.15) is 53.4 Å². The standard InChI is InChI=1S/C27H44O8/c1-13(2)16-8-9-27(4)10-18-15(12-33-5)6-7-17(18)14(3)21(29)25(20(16)27)35-26-24(32)23(31)22(30)19(11-28)34-26/h10,13-15,17,19,21-26,28-32H,6-9,11-12H2,1-5H3/t14-,15-,17+,19-,21-,22-,23+,24-,25-,26-,27-/m1/s1. The number of rotatable bonds is 6. The summed E-state index contributed by atoms with van der Waals surface area (Å²) in [5.74, 6) is 0.683. The van der Waals surface area contributed by atoms with E-state index in [9.17, 15) is 25.5 Å². The highest BCUT2D eigenvalue weighted by molar-refractivity contribution is 5.41. The van der Waals surface area contributed by atoms with Gasteiger partial charge in [0.2, 0.25) is 0 Å². The van der Waals surface area contributed by atoms with Gasteiger partial charge < -0.3 is 39.7 Å². The van der Waals surface area contributed by atoms with Crippen LogP contribution in [0.2, 0.25) is 0 Å². The topological polar surface area (TPSA) is 129 Å². The van der Waals surface area contributed by atoms with E-state index in [0.717, 1.165) is 31.3 Å². The summed E-state index contributed by atoms with van der Waals surface area (Å²) >= 11 is 0. The van der Waals surface area contributed by atoms with E-state index in [1.807, 2.05) is 0 Å². The molecule has 0 amide bonds. The molecule has 8 nitrogen and oxygen atoms in total. The Hall–Kier alpha value is -0.840. The minimum Gasteiger partial charge on any atom is -0.394 e. The molecule has 1 saturated heterocycles. The Balaban J connectivity index is 1.77. The maximum Gasteiger partial charge on any atom is 0.187 e. The summed E-state index contributed by atoms with van der Waals surface area (Å²) in [6.07, 6.45) is -2.28. The molecule has 8 heteroatoms. The van der Waals surface area contributed by atoms with Gasteiger partial charge in [0.1, 0.15) is 30.5 Å². The molecule has 200 valence electrons. The predicted octanol–water partition coefficient (Wildman–Crippen LogP) is 1.53. The zero-order chi connectivity index (χ0) is 25.7. The minimum absolute atomic E-state index is 0.107. The third-order valence-electron chi connectivity index (χ3n) is 9.05. The van der Waals surface area contributed by atoms with E-state index in [4.69, 9.17) is 14.2 Å². The van der Waals surface area contributed by atoms with Crippen molar-refractivity contribution >= 4 is 0 Å². The molecule has 0 unspecified atom stereocenters. The lowest BCUT2D eigenvalue weighted by Crippen LogP contribution is -2.60. The van der Waals surface area contributed by atoms with Crippen LogP contribution >= 0.6 is 0 Å². The fourth-order valence-corrected chi connectivity index (χ4v) is 7.00. The van der Waals surface area contributed by atoms with Crippen molar-refractivity contribution in [3.63, 3.8) is 0 Å². The second-order valence-electron chi connectivity index (χ2n) is 11.6. The van der Waals surface area contributed by atoms with Crippen molar-refractivity contribution in [3.8, 4) is 0 Å². The minimum atomic E-state index is -1.53. The van der Waals surface area contributed by atoms with Gasteiger partial charge in [-0.25, -0.2) is 0 Å². The van der Waals surface area contributed by atoms with Crippen molar-refractivity contribution < 1.29 is 39.7 Å². The summed E-state index contributed by atoms with van der Waals surface area (Å²) in [6.45, 7) is 8.69. The van der Waals surface area contributed by atoms with E-state index in [-0.39, 0.29) is 23.2 Å². The molecule has 5 N–H and O–H groups in total. The van der Waals surface area contributed by atoms with Gasteiger partial charge in [0.25, 0.3) is 0 Å². The molecule has 0 spiro atoms. The molecule has 2 fully saturated rings. The largest absolute Gasteiger partial charge is 0.394 e. The lowest BCUT2D eigenvalue weighted by molar-refractivity contribution is -0.315. The number of fused-ring (bicyclic) bond motifs is 2. The first-order chi connectivity index (χ1) is 16.5. The van der Waals surface area contributed by atoms with Crippen LogP contribution in [0.25, 0.3) is 0 Å². The molecule has 0 bridgehead atoms. The summed E-state index contributed by atoms with van der Waals surface area (Å²) in [7, 11) is 1.74. The molecular formula is C27H44O8. The Morgan fingerprint density at radius 3 is 2.43 bits per heavy atom. The van der Waals surface area contributed by atoms with Crippen molar-refractivity contribution in [1.82, 2.24) is 0 Å². The maximum atomic E-state index is 11.8. The fraction of sp³-hybridized carbons (Fsp3) is 0.852. The number of allylic oxidation sites excluding steroid dienone is 2. The molecular weight excluding hydrogens is 452 g/mol. The van der Waals surface area contributed by atoms with Crippen molar-refractivity contribution in [3.05, 3.63) is 22.8 Å². The lowest BCUT2D eigenvalue weighted by atomic mass is 9.68. The molecule has 1 heterocycles. The molecule has 0 radical (unpaired) electrons. The van der Waals surface area contributed by atoms with E-state index in [1.165, 1.54) is 11.1 Å². The van der Waals surface area contributed by atoms with Crippen LogP contribution in [0.4, 0.5) is 0 Å². The summed E-state index contributed by atoms with van der Waals surface area (Å²) in [5.41, 5.74) is 3.31. The summed E-state index contributed by atoms with van der Waals surface area (Å²) in [5, 5.41) is 52.7. The quantitative estimate of drug-likeness (QED) is 0.350. The molecule has 0 aromatic carbocycles. The van der Waals surface area contributed by atoms with Gasteiger partial charge in [-0.05, 0) is 49.0 Å². The van der Waals surface area contributed by atoms with E-state index in [1.54, 1.807) is 7.11 Å². The number of hydrogen-bond acceptors (Lipinski definition) is 8. The van der Waals surface area contributed by atoms with Gasteiger partial charge >= 0.3 is 0 Å². The second kappa shape index (κ2) is 10.5. The molecule has 0 aromatic rings. The second-order valence-corrected chi connectivity index (χ2v) is 11.6. The summed E-state index contributed by atoms with van der Waals surface area (Å²) < 4.78 is 17.6. The monoisotopic (exact) mass is 496 g/mol. The molecule has 4 aliphatic rings. The number of ether oxygens (including phenoxy) is 3. The van der Waals surface area contributed by atoms with Crippen LogP contribution in [-0.4, -0.2) is 88.8 Å². The Labute approximate surface area is 208 Å². The molecule has 1 saturated carbocycles. The zero-order valence-corrected chi connectivity index (χ0v) is 21.6. The van der Waals surface area contributed by atoms with Crippen LogP contribution < -0.4 is 0 Å². The average molecular weight is 497 g/mol. The number of aliphatic hydroxyl groups is 5. The van der Waals surface area contributed by atoms with Crippen molar-refractivity contribution in [1.29, 1.82) is 0 Å². The van der Waals surface area contributed by atoms with E-state index in [2.05, 4.69) is 33.8 Å². The van der Waals surface area contributed by atoms with Crippen LogP contribution in [0, 0.1) is 29.1 Å². The maximum absolute atomic E-state index is 11.8. The van der Waals surface area contributed by atoms with Gasteiger partial charge in [-0.3, -0.25) is 0 Å². The number of aliphatic hydroxyl groups excluding tert-OH is 5. The SMILES string of the molecule is COC[C@H]1CC[C@@H]2C1=C[C@@]1(C)CCC(C(C)C)=C1[C@@H](O[C@H]1O[C@H](CO)[C@@H](O)[C@H](O)[C@H]1O)[C@H](O)[C@@H]2C. The Morgan fingerprint density at radius 1 is 1.09 bits per heavy atom. The average Bonchev–Trinajstić information content (AvgIpc) is 3.36. The Kier molecular flexibility index (Phi) is 8.16. The number of methoxy groups -OCH3 is 1. The molecule has 3 aliphatic carbocycles. The van der Waals surface area contributed by atoms with Gasteiger partial charge in [-0.1, -0.05) is 44.9 Å². The van der Waals surface area contributed by atoms with Crippen molar-refractivity contribution in [2.24, 2.45) is 29.1 Å². The molecule has 4 rings (SSSR count). The first-order valence-corrected chi connectivity index (χ1v) is 13.1. The van der Waals surface area contributed by atoms with Crippen LogP contribution in [0.15, 0.2) is 22.8 Å². The highest BCUT2D eigenvalue weighted by atomic mass is 16.7. The molecule has 1 aliphatic heterocycles. The van der Waals surface area contributed by atoms with E-state index >= 15 is 0 Å². The van der Waals surface area contributed by atoms with Crippen molar-refractivity contribution in [2.75, 3.05) is 20.3 Å². The Morgan fingerprint density at radius 2 is 1.80 bits per heavy atom. The predicted molar refractivity (Wildman–Crippen MR) is 129 cm³/mol.